The van der Waals surface area contributed by atoms with Gasteiger partial charge in [-0.15, -0.1) is 11.3 Å². The molecule has 2 heteroatoms. The highest BCUT2D eigenvalue weighted by molar-refractivity contribution is 7.11. The highest BCUT2D eigenvalue weighted by Crippen LogP contribution is 2.25. The molecule has 0 N–H and O–H groups in total. The second kappa shape index (κ2) is 3.17. The normalized spacial score (nSPS) is 12.1. The Bertz CT molecular complexity index is 248. The third-order valence-electron chi connectivity index (χ3n) is 1.75. The van der Waals surface area contributed by atoms with Crippen molar-refractivity contribution in [1.82, 2.24) is 4.98 Å². The fourth-order valence-corrected chi connectivity index (χ4v) is 2.30. The SMILES string of the molecule is Cc1nc(CC(C)(C)C)sc1C. The molecule has 0 saturated heterocycles. The van der Waals surface area contributed by atoms with Crippen LogP contribution < -0.4 is 0 Å². The van der Waals surface area contributed by atoms with Crippen LogP contribution in [0.2, 0.25) is 0 Å². The second-order valence-electron chi connectivity index (χ2n) is 4.49. The summed E-state index contributed by atoms with van der Waals surface area (Å²) in [5.74, 6) is 0. The Morgan fingerprint density at radius 1 is 1.25 bits per heavy atom. The Morgan fingerprint density at radius 3 is 2.17 bits per heavy atom. The predicted octanol–water partition coefficient (Wildman–Crippen LogP) is 3.35. The Kier molecular flexibility index (Phi) is 2.57. The van der Waals surface area contributed by atoms with Crippen molar-refractivity contribution < 1.29 is 0 Å². The quantitative estimate of drug-likeness (QED) is 0.650. The summed E-state index contributed by atoms with van der Waals surface area (Å²) in [6.45, 7) is 11.0. The van der Waals surface area contributed by atoms with E-state index in [1.54, 1.807) is 0 Å². The minimum atomic E-state index is 0.358. The fourth-order valence-electron chi connectivity index (χ4n) is 1.07. The Balaban J connectivity index is 2.77. The highest BCUT2D eigenvalue weighted by atomic mass is 32.1. The Hall–Kier alpha value is -0.370. The van der Waals surface area contributed by atoms with Gasteiger partial charge in [-0.1, -0.05) is 20.8 Å². The van der Waals surface area contributed by atoms with E-state index in [9.17, 15) is 0 Å². The molecule has 1 nitrogen and oxygen atoms in total. The van der Waals surface area contributed by atoms with E-state index in [4.69, 9.17) is 0 Å². The first kappa shape index (κ1) is 9.72. The van der Waals surface area contributed by atoms with E-state index in [1.807, 2.05) is 11.3 Å². The van der Waals surface area contributed by atoms with Crippen molar-refractivity contribution >= 4 is 11.3 Å². The van der Waals surface area contributed by atoms with Crippen molar-refractivity contribution in [2.24, 2.45) is 5.41 Å². The first-order valence-corrected chi connectivity index (χ1v) is 5.13. The van der Waals surface area contributed by atoms with Gasteiger partial charge in [-0.2, -0.15) is 0 Å². The van der Waals surface area contributed by atoms with Crippen LogP contribution in [-0.4, -0.2) is 4.98 Å². The summed E-state index contributed by atoms with van der Waals surface area (Å²) < 4.78 is 0. The lowest BCUT2D eigenvalue weighted by Gasteiger charge is -2.15. The number of thiazole rings is 1. The number of hydrogen-bond donors (Lipinski definition) is 0. The monoisotopic (exact) mass is 183 g/mol. The number of hydrogen-bond acceptors (Lipinski definition) is 2. The van der Waals surface area contributed by atoms with Crippen LogP contribution in [0.1, 0.15) is 36.3 Å². The Labute approximate surface area is 78.8 Å². The van der Waals surface area contributed by atoms with Gasteiger partial charge in [0, 0.05) is 11.3 Å². The van der Waals surface area contributed by atoms with Crippen LogP contribution in [0.25, 0.3) is 0 Å². The van der Waals surface area contributed by atoms with Gasteiger partial charge < -0.3 is 0 Å². The molecule has 0 amide bonds. The number of aryl methyl sites for hydroxylation is 2. The molecule has 1 aromatic heterocycles. The van der Waals surface area contributed by atoms with Crippen molar-refractivity contribution in [1.29, 1.82) is 0 Å². The summed E-state index contributed by atoms with van der Waals surface area (Å²) in [4.78, 5) is 5.87. The molecule has 0 saturated carbocycles. The molecular formula is C10H17NS. The summed E-state index contributed by atoms with van der Waals surface area (Å²) in [5, 5.41) is 1.28. The molecule has 0 atom stereocenters. The van der Waals surface area contributed by atoms with Crippen LogP contribution in [-0.2, 0) is 6.42 Å². The maximum absolute atomic E-state index is 4.51. The van der Waals surface area contributed by atoms with Crippen LogP contribution in [0, 0.1) is 19.3 Å². The molecule has 0 aliphatic heterocycles. The van der Waals surface area contributed by atoms with E-state index in [0.29, 0.717) is 5.41 Å². The molecule has 0 aliphatic carbocycles. The van der Waals surface area contributed by atoms with Crippen LogP contribution in [0.15, 0.2) is 0 Å². The molecule has 12 heavy (non-hydrogen) atoms. The molecule has 0 fully saturated rings. The van der Waals surface area contributed by atoms with Crippen molar-refractivity contribution in [2.75, 3.05) is 0 Å². The summed E-state index contributed by atoms with van der Waals surface area (Å²) in [7, 11) is 0. The van der Waals surface area contributed by atoms with Gasteiger partial charge in [-0.05, 0) is 19.3 Å². The molecule has 1 rings (SSSR count). The Morgan fingerprint density at radius 2 is 1.83 bits per heavy atom. The van der Waals surface area contributed by atoms with E-state index >= 15 is 0 Å². The van der Waals surface area contributed by atoms with Crippen molar-refractivity contribution in [3.05, 3.63) is 15.6 Å². The zero-order valence-corrected chi connectivity index (χ0v) is 9.38. The third kappa shape index (κ3) is 2.59. The molecule has 0 radical (unpaired) electrons. The van der Waals surface area contributed by atoms with E-state index in [2.05, 4.69) is 39.6 Å². The van der Waals surface area contributed by atoms with E-state index in [1.165, 1.54) is 15.6 Å². The zero-order valence-electron chi connectivity index (χ0n) is 8.56. The molecule has 0 spiro atoms. The summed E-state index contributed by atoms with van der Waals surface area (Å²) >= 11 is 1.83. The topological polar surface area (TPSA) is 12.9 Å². The van der Waals surface area contributed by atoms with Crippen molar-refractivity contribution in [3.8, 4) is 0 Å². The summed E-state index contributed by atoms with van der Waals surface area (Å²) in [6.07, 6.45) is 1.09. The van der Waals surface area contributed by atoms with Gasteiger partial charge in [0.1, 0.15) is 0 Å². The number of nitrogens with zero attached hydrogens (tertiary/aromatic N) is 1. The van der Waals surface area contributed by atoms with E-state index in [-0.39, 0.29) is 0 Å². The lowest BCUT2D eigenvalue weighted by atomic mass is 9.93. The van der Waals surface area contributed by atoms with Gasteiger partial charge in [-0.3, -0.25) is 0 Å². The average molecular weight is 183 g/mol. The zero-order chi connectivity index (χ0) is 9.35. The highest BCUT2D eigenvalue weighted by Gasteiger charge is 2.14. The first-order valence-electron chi connectivity index (χ1n) is 4.31. The summed E-state index contributed by atoms with van der Waals surface area (Å²) in [5.41, 5.74) is 1.55. The van der Waals surface area contributed by atoms with Crippen molar-refractivity contribution in [2.45, 2.75) is 41.0 Å². The lowest BCUT2D eigenvalue weighted by Crippen LogP contribution is -2.08. The number of aromatic nitrogens is 1. The van der Waals surface area contributed by atoms with Crippen LogP contribution in [0.3, 0.4) is 0 Å². The predicted molar refractivity (Wildman–Crippen MR) is 54.7 cm³/mol. The maximum atomic E-state index is 4.51. The van der Waals surface area contributed by atoms with Gasteiger partial charge in [0.15, 0.2) is 0 Å². The standard InChI is InChI=1S/C10H17NS/c1-7-8(2)12-9(11-7)6-10(3,4)5/h6H2,1-5H3. The minimum absolute atomic E-state index is 0.358. The van der Waals surface area contributed by atoms with Gasteiger partial charge >= 0.3 is 0 Å². The molecule has 0 unspecified atom stereocenters. The first-order chi connectivity index (χ1) is 5.38. The van der Waals surface area contributed by atoms with Crippen LogP contribution in [0.5, 0.6) is 0 Å². The lowest BCUT2D eigenvalue weighted by molar-refractivity contribution is 0.410. The van der Waals surface area contributed by atoms with Crippen LogP contribution >= 0.6 is 11.3 Å². The van der Waals surface area contributed by atoms with Gasteiger partial charge in [-0.25, -0.2) is 4.98 Å². The molecular weight excluding hydrogens is 166 g/mol. The van der Waals surface area contributed by atoms with Crippen molar-refractivity contribution in [3.63, 3.8) is 0 Å². The minimum Gasteiger partial charge on any atom is -0.246 e. The maximum Gasteiger partial charge on any atom is 0.0936 e. The molecule has 0 bridgehead atoms. The molecule has 1 aromatic rings. The van der Waals surface area contributed by atoms with Gasteiger partial charge in [0.2, 0.25) is 0 Å². The number of rotatable bonds is 1. The van der Waals surface area contributed by atoms with Gasteiger partial charge in [0.25, 0.3) is 0 Å². The fraction of sp³-hybridized carbons (Fsp3) is 0.700. The average Bonchev–Trinajstić information content (AvgIpc) is 2.07. The molecule has 0 aliphatic rings. The summed E-state index contributed by atoms with van der Waals surface area (Å²) in [6, 6.07) is 0. The second-order valence-corrected chi connectivity index (χ2v) is 5.77. The van der Waals surface area contributed by atoms with E-state index in [0.717, 1.165) is 6.42 Å². The largest absolute Gasteiger partial charge is 0.246 e. The van der Waals surface area contributed by atoms with E-state index < -0.39 is 0 Å². The molecule has 1 heterocycles. The van der Waals surface area contributed by atoms with Gasteiger partial charge in [0.05, 0.1) is 10.7 Å². The molecule has 68 valence electrons. The smallest absolute Gasteiger partial charge is 0.0936 e. The van der Waals surface area contributed by atoms with Crippen LogP contribution in [0.4, 0.5) is 0 Å². The third-order valence-corrected chi connectivity index (χ3v) is 2.83. The molecule has 0 aromatic carbocycles.